The first-order valence-electron chi connectivity index (χ1n) is 19.4. The van der Waals surface area contributed by atoms with Crippen LogP contribution in [0.5, 0.6) is 0 Å². The summed E-state index contributed by atoms with van der Waals surface area (Å²) in [5.74, 6) is -0.0240. The van der Waals surface area contributed by atoms with Crippen LogP contribution in [0.1, 0.15) is 144 Å². The number of ether oxygens (including phenoxy) is 5. The molecule has 9 unspecified atom stereocenters. The third kappa shape index (κ3) is 5.93. The van der Waals surface area contributed by atoms with Crippen molar-refractivity contribution in [2.45, 2.75) is 173 Å². The summed E-state index contributed by atoms with van der Waals surface area (Å²) in [5.41, 5.74) is -4.51. The summed E-state index contributed by atoms with van der Waals surface area (Å²) in [6, 6.07) is 0. The van der Waals surface area contributed by atoms with Crippen molar-refractivity contribution in [2.24, 2.45) is 45.8 Å². The molecule has 6 bridgehead atoms. The van der Waals surface area contributed by atoms with E-state index in [1.54, 1.807) is 7.11 Å². The van der Waals surface area contributed by atoms with Crippen molar-refractivity contribution in [1.29, 1.82) is 0 Å². The van der Waals surface area contributed by atoms with E-state index < -0.39 is 33.6 Å². The summed E-state index contributed by atoms with van der Waals surface area (Å²) in [6.45, 7) is 11.5. The molecule has 1 heterocycles. The highest BCUT2D eigenvalue weighted by atomic mass is 16.6. The summed E-state index contributed by atoms with van der Waals surface area (Å²) >= 11 is 0. The molecule has 8 rings (SSSR count). The molecule has 7 aliphatic carbocycles. The molecule has 1 saturated heterocycles. The average molecular weight is 685 g/mol. The minimum Gasteiger partial charge on any atom is -0.459 e. The van der Waals surface area contributed by atoms with E-state index in [4.69, 9.17) is 23.7 Å². The van der Waals surface area contributed by atoms with Crippen molar-refractivity contribution in [3.05, 3.63) is 0 Å². The summed E-state index contributed by atoms with van der Waals surface area (Å²) < 4.78 is 31.1. The smallest absolute Gasteiger partial charge is 0.312 e. The minimum absolute atomic E-state index is 0.0671. The number of carbonyl (C=O) groups excluding carboxylic acids is 4. The van der Waals surface area contributed by atoms with Crippen LogP contribution >= 0.6 is 0 Å². The van der Waals surface area contributed by atoms with Gasteiger partial charge in [0.25, 0.3) is 0 Å². The molecule has 8 aliphatic rings. The standard InChI is InChI=1S/C40H60O9/c1-8-36(5,33(43)47-29-26-15-27-28(16-26)31(41)46-30(27)29)22-37(6,34(44)49-38(9-2)12-10-11-13-38)21-35(3,4)32(42)48-40-19-24-14-25(20-40)18-39(17-24,23-40)45-7/h24-30H,8-23H2,1-7H3. The first kappa shape index (κ1) is 35.3. The van der Waals surface area contributed by atoms with Gasteiger partial charge in [0.2, 0.25) is 0 Å². The number of hydrogen-bond donors (Lipinski definition) is 0. The van der Waals surface area contributed by atoms with Crippen molar-refractivity contribution in [3.63, 3.8) is 0 Å². The van der Waals surface area contributed by atoms with Crippen molar-refractivity contribution in [3.8, 4) is 0 Å². The summed E-state index contributed by atoms with van der Waals surface area (Å²) in [7, 11) is 1.79. The SMILES string of the molecule is CCC1(OC(=O)C(C)(CC(C)(C)C(=O)OC23CC4CC(CC(OC)(C4)C2)C3)CC(C)(CC)C(=O)OC2C3CC4C(=O)OC2C4C3)CCCC1. The van der Waals surface area contributed by atoms with Crippen LogP contribution in [0.15, 0.2) is 0 Å². The Balaban J connectivity index is 1.12. The Labute approximate surface area is 292 Å². The molecule has 9 atom stereocenters. The minimum atomic E-state index is -1.17. The van der Waals surface area contributed by atoms with E-state index >= 15 is 0 Å². The van der Waals surface area contributed by atoms with Gasteiger partial charge in [-0.25, -0.2) is 0 Å². The molecule has 0 aromatic heterocycles. The maximum Gasteiger partial charge on any atom is 0.312 e. The van der Waals surface area contributed by atoms with E-state index in [0.29, 0.717) is 24.7 Å². The van der Waals surface area contributed by atoms with Gasteiger partial charge >= 0.3 is 23.9 Å². The van der Waals surface area contributed by atoms with Gasteiger partial charge in [0.05, 0.1) is 27.8 Å². The normalized spacial score (nSPS) is 40.5. The van der Waals surface area contributed by atoms with Gasteiger partial charge in [0.15, 0.2) is 0 Å². The maximum absolute atomic E-state index is 14.6. The Hall–Kier alpha value is -2.16. The summed E-state index contributed by atoms with van der Waals surface area (Å²) in [4.78, 5) is 55.5. The average Bonchev–Trinajstić information content (AvgIpc) is 3.79. The second kappa shape index (κ2) is 11.9. The largest absolute Gasteiger partial charge is 0.459 e. The van der Waals surface area contributed by atoms with Crippen LogP contribution in [0.3, 0.4) is 0 Å². The van der Waals surface area contributed by atoms with Crippen molar-refractivity contribution in [1.82, 2.24) is 0 Å². The molecule has 0 aromatic rings. The van der Waals surface area contributed by atoms with Gasteiger partial charge in [-0.15, -0.1) is 0 Å². The van der Waals surface area contributed by atoms with Gasteiger partial charge in [-0.1, -0.05) is 13.8 Å². The fraction of sp³-hybridized carbons (Fsp3) is 0.900. The van der Waals surface area contributed by atoms with E-state index in [-0.39, 0.29) is 66.2 Å². The highest BCUT2D eigenvalue weighted by molar-refractivity contribution is 5.83. The van der Waals surface area contributed by atoms with Crippen LogP contribution in [-0.4, -0.2) is 60.0 Å². The number of esters is 4. The van der Waals surface area contributed by atoms with Crippen LogP contribution < -0.4 is 0 Å². The molecule has 0 N–H and O–H groups in total. The Morgan fingerprint density at radius 2 is 1.47 bits per heavy atom. The monoisotopic (exact) mass is 684 g/mol. The summed E-state index contributed by atoms with van der Waals surface area (Å²) in [5, 5.41) is 0. The molecular weight excluding hydrogens is 624 g/mol. The van der Waals surface area contributed by atoms with Crippen molar-refractivity contribution >= 4 is 23.9 Å². The highest BCUT2D eigenvalue weighted by Crippen LogP contribution is 2.61. The number of hydrogen-bond acceptors (Lipinski definition) is 9. The first-order valence-corrected chi connectivity index (χ1v) is 19.4. The van der Waals surface area contributed by atoms with Gasteiger partial charge in [-0.3, -0.25) is 19.2 Å². The van der Waals surface area contributed by atoms with E-state index in [1.807, 2.05) is 34.6 Å². The van der Waals surface area contributed by atoms with Gasteiger partial charge in [0, 0.05) is 25.4 Å². The number of carbonyl (C=O) groups is 4. The molecule has 7 saturated carbocycles. The van der Waals surface area contributed by atoms with Crippen LogP contribution in [0.4, 0.5) is 0 Å². The van der Waals surface area contributed by atoms with E-state index in [2.05, 4.69) is 6.92 Å². The molecule has 9 nitrogen and oxygen atoms in total. The fourth-order valence-electron chi connectivity index (χ4n) is 12.4. The lowest BCUT2D eigenvalue weighted by Crippen LogP contribution is -2.61. The van der Waals surface area contributed by atoms with Crippen molar-refractivity contribution < 1.29 is 42.9 Å². The van der Waals surface area contributed by atoms with Crippen LogP contribution in [0.25, 0.3) is 0 Å². The second-order valence-electron chi connectivity index (χ2n) is 19.0. The molecule has 9 heteroatoms. The Bertz CT molecular complexity index is 1350. The van der Waals surface area contributed by atoms with Gasteiger partial charge in [0.1, 0.15) is 23.4 Å². The molecule has 0 spiro atoms. The maximum atomic E-state index is 14.6. The zero-order valence-electron chi connectivity index (χ0n) is 31.0. The molecule has 0 amide bonds. The number of fused-ring (bicyclic) bond motifs is 1. The van der Waals surface area contributed by atoms with Crippen LogP contribution in [0, 0.1) is 45.8 Å². The lowest BCUT2D eigenvalue weighted by atomic mass is 9.52. The Morgan fingerprint density at radius 3 is 2.08 bits per heavy atom. The Morgan fingerprint density at radius 1 is 0.816 bits per heavy atom. The first-order chi connectivity index (χ1) is 23.0. The quantitative estimate of drug-likeness (QED) is 0.146. The predicted octanol–water partition coefficient (Wildman–Crippen LogP) is 7.26. The van der Waals surface area contributed by atoms with E-state index in [1.165, 1.54) is 6.42 Å². The molecule has 1 aliphatic heterocycles. The topological polar surface area (TPSA) is 114 Å². The van der Waals surface area contributed by atoms with Crippen molar-refractivity contribution in [2.75, 3.05) is 7.11 Å². The lowest BCUT2D eigenvalue weighted by molar-refractivity contribution is -0.233. The van der Waals surface area contributed by atoms with Crippen LogP contribution in [-0.2, 0) is 42.9 Å². The zero-order valence-corrected chi connectivity index (χ0v) is 31.0. The predicted molar refractivity (Wildman–Crippen MR) is 180 cm³/mol. The number of rotatable bonds is 13. The van der Waals surface area contributed by atoms with E-state index in [0.717, 1.165) is 70.6 Å². The molecule has 0 radical (unpaired) electrons. The molecule has 8 fully saturated rings. The molecule has 274 valence electrons. The van der Waals surface area contributed by atoms with Gasteiger partial charge in [-0.2, -0.15) is 0 Å². The zero-order chi connectivity index (χ0) is 35.2. The number of methoxy groups -OCH3 is 1. The fourth-order valence-corrected chi connectivity index (χ4v) is 12.4. The third-order valence-electron chi connectivity index (χ3n) is 14.8. The second-order valence-corrected chi connectivity index (χ2v) is 19.0. The molecule has 0 aromatic carbocycles. The van der Waals surface area contributed by atoms with Gasteiger partial charge in [-0.05, 0) is 136 Å². The van der Waals surface area contributed by atoms with Crippen LogP contribution in [0.2, 0.25) is 0 Å². The van der Waals surface area contributed by atoms with E-state index in [9.17, 15) is 19.2 Å². The third-order valence-corrected chi connectivity index (χ3v) is 14.8. The molecule has 49 heavy (non-hydrogen) atoms. The Kier molecular flexibility index (Phi) is 8.59. The molecular formula is C40H60O9. The lowest BCUT2D eigenvalue weighted by Gasteiger charge is -2.60. The van der Waals surface area contributed by atoms with Gasteiger partial charge < -0.3 is 23.7 Å². The highest BCUT2D eigenvalue weighted by Gasteiger charge is 2.64. The summed E-state index contributed by atoms with van der Waals surface area (Å²) in [6.07, 6.45) is 11.6.